The largest absolute Gasteiger partial charge is 0.507 e. The molecule has 0 radical (unpaired) electrons. The molecule has 0 bridgehead atoms. The van der Waals surface area contributed by atoms with Crippen LogP contribution in [0.5, 0.6) is 5.75 Å². The number of fused-ring (bicyclic) bond motifs is 1. The van der Waals surface area contributed by atoms with Crippen LogP contribution in [0, 0.1) is 5.82 Å². The van der Waals surface area contributed by atoms with E-state index in [1.165, 1.54) is 29.5 Å². The zero-order valence-corrected chi connectivity index (χ0v) is 13.9. The lowest BCUT2D eigenvalue weighted by atomic mass is 10.0. The van der Waals surface area contributed by atoms with Crippen LogP contribution in [0.25, 0.3) is 10.2 Å². The fraction of sp³-hybridized carbons (Fsp3) is 0.176. The van der Waals surface area contributed by atoms with Gasteiger partial charge in [0.1, 0.15) is 11.6 Å². The van der Waals surface area contributed by atoms with Gasteiger partial charge in [-0.3, -0.25) is 10.1 Å². The predicted molar refractivity (Wildman–Crippen MR) is 92.6 cm³/mol. The number of aromatic hydroxyl groups is 1. The van der Waals surface area contributed by atoms with Crippen molar-refractivity contribution >= 4 is 44.2 Å². The summed E-state index contributed by atoms with van der Waals surface area (Å²) >= 11 is 7.25. The zero-order valence-electron chi connectivity index (χ0n) is 12.3. The number of benzene rings is 2. The van der Waals surface area contributed by atoms with E-state index in [4.69, 9.17) is 11.6 Å². The molecule has 0 aliphatic heterocycles. The highest BCUT2D eigenvalue weighted by Gasteiger charge is 2.29. The van der Waals surface area contributed by atoms with Crippen LogP contribution >= 0.6 is 22.9 Å². The number of halogens is 2. The minimum Gasteiger partial charge on any atom is -0.507 e. The minimum atomic E-state index is -0.489. The molecule has 122 valence electrons. The summed E-state index contributed by atoms with van der Waals surface area (Å²) in [6, 6.07) is 7.37. The Morgan fingerprint density at radius 1 is 1.33 bits per heavy atom. The maximum absolute atomic E-state index is 13.2. The Kier molecular flexibility index (Phi) is 3.66. The number of rotatable bonds is 3. The lowest BCUT2D eigenvalue weighted by molar-refractivity contribution is 0.102. The van der Waals surface area contributed by atoms with Gasteiger partial charge in [-0.1, -0.05) is 22.9 Å². The molecule has 0 atom stereocenters. The number of nitrogens with zero attached hydrogens (tertiary/aromatic N) is 1. The van der Waals surface area contributed by atoms with Crippen LogP contribution in [0.2, 0.25) is 5.02 Å². The van der Waals surface area contributed by atoms with Crippen LogP contribution in [0.1, 0.15) is 34.7 Å². The molecular formula is C17H12ClFN2O2S. The molecule has 0 spiro atoms. The molecule has 3 aromatic rings. The van der Waals surface area contributed by atoms with Crippen molar-refractivity contribution in [2.24, 2.45) is 0 Å². The van der Waals surface area contributed by atoms with Gasteiger partial charge in [-0.05, 0) is 54.7 Å². The number of thiazole rings is 1. The van der Waals surface area contributed by atoms with Crippen LogP contribution < -0.4 is 5.32 Å². The maximum Gasteiger partial charge on any atom is 0.261 e. The number of hydrogen-bond donors (Lipinski definition) is 2. The highest BCUT2D eigenvalue weighted by Crippen LogP contribution is 2.46. The van der Waals surface area contributed by atoms with Crippen LogP contribution in [0.3, 0.4) is 0 Å². The first kappa shape index (κ1) is 15.4. The second kappa shape index (κ2) is 5.72. The van der Waals surface area contributed by atoms with Crippen molar-refractivity contribution in [1.29, 1.82) is 0 Å². The summed E-state index contributed by atoms with van der Waals surface area (Å²) in [4.78, 5) is 16.7. The third-order valence-corrected chi connectivity index (χ3v) is 5.09. The van der Waals surface area contributed by atoms with Crippen molar-refractivity contribution in [3.8, 4) is 5.75 Å². The first-order chi connectivity index (χ1) is 11.5. The van der Waals surface area contributed by atoms with Crippen molar-refractivity contribution in [2.45, 2.75) is 18.8 Å². The standard InChI is InChI=1S/C17H12ClFN2O2S/c18-9-5-11(8-1-2-8)15(22)12(6-9)16(23)21-17-20-13-4-3-10(19)7-14(13)24-17/h3-8,22H,1-2H2,(H,20,21,23). The average molecular weight is 363 g/mol. The summed E-state index contributed by atoms with van der Waals surface area (Å²) in [6.45, 7) is 0. The van der Waals surface area contributed by atoms with Crippen LogP contribution in [-0.2, 0) is 0 Å². The molecule has 24 heavy (non-hydrogen) atoms. The van der Waals surface area contributed by atoms with Gasteiger partial charge in [0.2, 0.25) is 0 Å². The summed E-state index contributed by atoms with van der Waals surface area (Å²) in [5.74, 6) is -0.616. The monoisotopic (exact) mass is 362 g/mol. The van der Waals surface area contributed by atoms with Crippen molar-refractivity contribution < 1.29 is 14.3 Å². The molecule has 2 N–H and O–H groups in total. The van der Waals surface area contributed by atoms with Gasteiger partial charge < -0.3 is 5.11 Å². The number of hydrogen-bond acceptors (Lipinski definition) is 4. The van der Waals surface area contributed by atoms with Gasteiger partial charge >= 0.3 is 0 Å². The van der Waals surface area contributed by atoms with Crippen molar-refractivity contribution in [3.63, 3.8) is 0 Å². The lowest BCUT2D eigenvalue weighted by Gasteiger charge is -2.09. The van der Waals surface area contributed by atoms with E-state index < -0.39 is 5.91 Å². The van der Waals surface area contributed by atoms with Crippen LogP contribution in [0.4, 0.5) is 9.52 Å². The van der Waals surface area contributed by atoms with Gasteiger partial charge in [0.15, 0.2) is 5.13 Å². The lowest BCUT2D eigenvalue weighted by Crippen LogP contribution is -2.12. The van der Waals surface area contributed by atoms with E-state index in [-0.39, 0.29) is 23.0 Å². The van der Waals surface area contributed by atoms with E-state index >= 15 is 0 Å². The van der Waals surface area contributed by atoms with Crippen LogP contribution in [-0.4, -0.2) is 16.0 Å². The molecule has 1 saturated carbocycles. The number of anilines is 1. The van der Waals surface area contributed by atoms with Gasteiger partial charge in [-0.15, -0.1) is 0 Å². The van der Waals surface area contributed by atoms with E-state index in [0.29, 0.717) is 25.9 Å². The number of carbonyl (C=O) groups is 1. The number of carbonyl (C=O) groups excluding carboxylic acids is 1. The average Bonchev–Trinajstić information content (AvgIpc) is 3.30. The van der Waals surface area contributed by atoms with E-state index in [1.807, 2.05) is 0 Å². The summed E-state index contributed by atoms with van der Waals surface area (Å²) < 4.78 is 13.9. The summed E-state index contributed by atoms with van der Waals surface area (Å²) in [7, 11) is 0. The summed E-state index contributed by atoms with van der Waals surface area (Å²) in [5.41, 5.74) is 1.43. The molecule has 1 aromatic heterocycles. The normalized spacial score (nSPS) is 14.1. The molecule has 0 unspecified atom stereocenters. The number of phenolic OH excluding ortho intramolecular Hbond substituents is 1. The Balaban J connectivity index is 1.65. The van der Waals surface area contributed by atoms with Gasteiger partial charge in [0.25, 0.3) is 5.91 Å². The Labute approximate surface area is 145 Å². The molecule has 1 fully saturated rings. The van der Waals surface area contributed by atoms with Crippen molar-refractivity contribution in [2.75, 3.05) is 5.32 Å². The minimum absolute atomic E-state index is 0.0356. The fourth-order valence-electron chi connectivity index (χ4n) is 2.62. The summed E-state index contributed by atoms with van der Waals surface area (Å²) in [6.07, 6.45) is 1.97. The topological polar surface area (TPSA) is 62.2 Å². The second-order valence-electron chi connectivity index (χ2n) is 5.75. The molecule has 7 heteroatoms. The highest BCUT2D eigenvalue weighted by atomic mass is 35.5. The number of aromatic nitrogens is 1. The van der Waals surface area contributed by atoms with Gasteiger partial charge in [0.05, 0.1) is 15.8 Å². The van der Waals surface area contributed by atoms with Crippen molar-refractivity contribution in [1.82, 2.24) is 4.98 Å². The second-order valence-corrected chi connectivity index (χ2v) is 7.22. The van der Waals surface area contributed by atoms with E-state index in [9.17, 15) is 14.3 Å². The number of amides is 1. The van der Waals surface area contributed by atoms with Gasteiger partial charge in [0, 0.05) is 5.02 Å². The molecule has 2 aromatic carbocycles. The van der Waals surface area contributed by atoms with Gasteiger partial charge in [-0.25, -0.2) is 9.37 Å². The third-order valence-electron chi connectivity index (χ3n) is 3.94. The molecular weight excluding hydrogens is 351 g/mol. The Bertz CT molecular complexity index is 969. The molecule has 1 amide bonds. The van der Waals surface area contributed by atoms with E-state index in [0.717, 1.165) is 12.8 Å². The van der Waals surface area contributed by atoms with Gasteiger partial charge in [-0.2, -0.15) is 0 Å². The predicted octanol–water partition coefficient (Wildman–Crippen LogP) is 4.92. The molecule has 1 aliphatic carbocycles. The molecule has 1 aliphatic rings. The maximum atomic E-state index is 13.2. The number of nitrogens with one attached hydrogen (secondary N) is 1. The quantitative estimate of drug-likeness (QED) is 0.694. The highest BCUT2D eigenvalue weighted by molar-refractivity contribution is 7.22. The number of phenols is 1. The Morgan fingerprint density at radius 3 is 2.88 bits per heavy atom. The van der Waals surface area contributed by atoms with Crippen LogP contribution in [0.15, 0.2) is 30.3 Å². The molecule has 4 rings (SSSR count). The smallest absolute Gasteiger partial charge is 0.261 e. The third kappa shape index (κ3) is 2.83. The molecule has 4 nitrogen and oxygen atoms in total. The van der Waals surface area contributed by atoms with Crippen molar-refractivity contribution in [3.05, 3.63) is 52.3 Å². The molecule has 0 saturated heterocycles. The van der Waals surface area contributed by atoms with E-state index in [1.54, 1.807) is 12.1 Å². The Hall–Kier alpha value is -2.18. The zero-order chi connectivity index (χ0) is 16.8. The SMILES string of the molecule is O=C(Nc1nc2ccc(F)cc2s1)c1cc(Cl)cc(C2CC2)c1O. The first-order valence-electron chi connectivity index (χ1n) is 7.41. The first-order valence-corrected chi connectivity index (χ1v) is 8.60. The summed E-state index contributed by atoms with van der Waals surface area (Å²) in [5, 5.41) is 13.8. The van der Waals surface area contributed by atoms with E-state index in [2.05, 4.69) is 10.3 Å². The molecule has 1 heterocycles. The Morgan fingerprint density at radius 2 is 2.12 bits per heavy atom. The fourth-order valence-corrected chi connectivity index (χ4v) is 3.73.